The van der Waals surface area contributed by atoms with Crippen LogP contribution in [0.25, 0.3) is 0 Å². The Balaban J connectivity index is 1.80. The number of furan rings is 1. The molecule has 0 fully saturated rings. The van der Waals surface area contributed by atoms with Crippen LogP contribution in [0.1, 0.15) is 76.9 Å². The summed E-state index contributed by atoms with van der Waals surface area (Å²) >= 11 is 1.94. The molecular weight excluding hydrogens is 252 g/mol. The Kier molecular flexibility index (Phi) is 10.1. The van der Waals surface area contributed by atoms with Crippen LogP contribution < -0.4 is 0 Å². The lowest BCUT2D eigenvalue weighted by Gasteiger charge is -2.02. The second-order valence-corrected chi connectivity index (χ2v) is 6.51. The monoisotopic (exact) mass is 282 g/mol. The molecule has 0 saturated heterocycles. The van der Waals surface area contributed by atoms with E-state index in [-0.39, 0.29) is 0 Å². The average Bonchev–Trinajstić information content (AvgIpc) is 2.82. The second-order valence-electron chi connectivity index (χ2n) is 5.37. The van der Waals surface area contributed by atoms with Crippen LogP contribution in [-0.4, -0.2) is 5.75 Å². The minimum Gasteiger partial charge on any atom is -0.468 e. The summed E-state index contributed by atoms with van der Waals surface area (Å²) < 4.78 is 5.29. The fourth-order valence-electron chi connectivity index (χ4n) is 2.29. The van der Waals surface area contributed by atoms with Crippen molar-refractivity contribution in [2.24, 2.45) is 0 Å². The first-order chi connectivity index (χ1) is 9.34. The summed E-state index contributed by atoms with van der Waals surface area (Å²) in [6.07, 6.45) is 15.9. The lowest BCUT2D eigenvalue weighted by atomic mass is 10.1. The van der Waals surface area contributed by atoms with Crippen molar-refractivity contribution in [3.05, 3.63) is 18.1 Å². The molecule has 0 saturated carbocycles. The van der Waals surface area contributed by atoms with Gasteiger partial charge in [-0.05, 0) is 25.2 Å². The van der Waals surface area contributed by atoms with Crippen LogP contribution in [0, 0.1) is 6.92 Å². The molecule has 1 heterocycles. The summed E-state index contributed by atoms with van der Waals surface area (Å²) in [7, 11) is 0. The lowest BCUT2D eigenvalue weighted by Crippen LogP contribution is -1.84. The number of aryl methyl sites for hydroxylation is 1. The van der Waals surface area contributed by atoms with Gasteiger partial charge in [0.15, 0.2) is 0 Å². The molecular formula is C17H30OS. The Hall–Kier alpha value is -0.370. The predicted octanol–water partition coefficient (Wildman–Crippen LogP) is 6.60. The van der Waals surface area contributed by atoms with Crippen molar-refractivity contribution in [3.63, 3.8) is 0 Å². The molecule has 0 aliphatic rings. The van der Waals surface area contributed by atoms with E-state index in [1.54, 1.807) is 6.26 Å². The molecule has 19 heavy (non-hydrogen) atoms. The van der Waals surface area contributed by atoms with Gasteiger partial charge in [0, 0.05) is 4.90 Å². The van der Waals surface area contributed by atoms with Gasteiger partial charge in [0.25, 0.3) is 0 Å². The molecule has 0 radical (unpaired) electrons. The van der Waals surface area contributed by atoms with Gasteiger partial charge in [-0.15, -0.1) is 11.8 Å². The van der Waals surface area contributed by atoms with Gasteiger partial charge in [-0.3, -0.25) is 0 Å². The highest BCUT2D eigenvalue weighted by Crippen LogP contribution is 2.24. The van der Waals surface area contributed by atoms with E-state index in [2.05, 4.69) is 13.0 Å². The molecule has 110 valence electrons. The number of rotatable bonds is 12. The molecule has 0 atom stereocenters. The number of hydrogen-bond acceptors (Lipinski definition) is 2. The SMILES string of the molecule is CCCCCCCCCCCCSc1ccoc1C. The average molecular weight is 282 g/mol. The number of unbranched alkanes of at least 4 members (excludes halogenated alkanes) is 9. The molecule has 2 heteroatoms. The molecule has 0 bridgehead atoms. The molecule has 1 aromatic rings. The summed E-state index contributed by atoms with van der Waals surface area (Å²) in [6.45, 7) is 4.32. The van der Waals surface area contributed by atoms with Crippen molar-refractivity contribution in [3.8, 4) is 0 Å². The highest BCUT2D eigenvalue weighted by Gasteiger charge is 2.00. The molecule has 1 nitrogen and oxygen atoms in total. The van der Waals surface area contributed by atoms with Crippen molar-refractivity contribution < 1.29 is 4.42 Å². The smallest absolute Gasteiger partial charge is 0.114 e. The minimum atomic E-state index is 1.07. The van der Waals surface area contributed by atoms with Gasteiger partial charge in [-0.2, -0.15) is 0 Å². The van der Waals surface area contributed by atoms with Crippen LogP contribution in [0.15, 0.2) is 21.6 Å². The van der Waals surface area contributed by atoms with Crippen LogP contribution in [0.5, 0.6) is 0 Å². The summed E-state index contributed by atoms with van der Waals surface area (Å²) in [5, 5.41) is 0. The van der Waals surface area contributed by atoms with Crippen LogP contribution in [0.4, 0.5) is 0 Å². The quantitative estimate of drug-likeness (QED) is 0.316. The van der Waals surface area contributed by atoms with E-state index < -0.39 is 0 Å². The van der Waals surface area contributed by atoms with E-state index in [4.69, 9.17) is 4.42 Å². The lowest BCUT2D eigenvalue weighted by molar-refractivity contribution is 0.527. The van der Waals surface area contributed by atoms with Crippen LogP contribution in [0.3, 0.4) is 0 Å². The normalized spacial score (nSPS) is 11.1. The molecule has 0 N–H and O–H groups in total. The molecule has 0 aromatic carbocycles. The molecule has 0 aliphatic heterocycles. The van der Waals surface area contributed by atoms with Crippen LogP contribution >= 0.6 is 11.8 Å². The summed E-state index contributed by atoms with van der Waals surface area (Å²) in [6, 6.07) is 2.08. The summed E-state index contributed by atoms with van der Waals surface area (Å²) in [5.74, 6) is 2.30. The maximum absolute atomic E-state index is 5.29. The van der Waals surface area contributed by atoms with Crippen molar-refractivity contribution in [2.75, 3.05) is 5.75 Å². The van der Waals surface area contributed by atoms with Crippen molar-refractivity contribution in [2.45, 2.75) is 83.0 Å². The van der Waals surface area contributed by atoms with Gasteiger partial charge in [-0.1, -0.05) is 64.7 Å². The Labute approximate surface area is 123 Å². The van der Waals surface area contributed by atoms with Gasteiger partial charge < -0.3 is 4.42 Å². The molecule has 1 rings (SSSR count). The zero-order valence-electron chi connectivity index (χ0n) is 12.7. The first kappa shape index (κ1) is 16.7. The zero-order chi connectivity index (χ0) is 13.8. The highest BCUT2D eigenvalue weighted by molar-refractivity contribution is 7.99. The van der Waals surface area contributed by atoms with E-state index in [0.717, 1.165) is 5.76 Å². The van der Waals surface area contributed by atoms with E-state index >= 15 is 0 Å². The summed E-state index contributed by atoms with van der Waals surface area (Å²) in [4.78, 5) is 1.32. The highest BCUT2D eigenvalue weighted by atomic mass is 32.2. The van der Waals surface area contributed by atoms with E-state index in [1.807, 2.05) is 18.7 Å². The van der Waals surface area contributed by atoms with Gasteiger partial charge in [-0.25, -0.2) is 0 Å². The van der Waals surface area contributed by atoms with Crippen LogP contribution in [-0.2, 0) is 0 Å². The van der Waals surface area contributed by atoms with E-state index in [1.165, 1.54) is 74.9 Å². The minimum absolute atomic E-state index is 1.07. The fourth-order valence-corrected chi connectivity index (χ4v) is 3.27. The largest absolute Gasteiger partial charge is 0.468 e. The van der Waals surface area contributed by atoms with E-state index in [0.29, 0.717) is 0 Å². The third-order valence-corrected chi connectivity index (χ3v) is 4.79. The topological polar surface area (TPSA) is 13.1 Å². The molecule has 0 spiro atoms. The molecule has 0 unspecified atom stereocenters. The predicted molar refractivity (Wildman–Crippen MR) is 86.0 cm³/mol. The van der Waals surface area contributed by atoms with Gasteiger partial charge in [0.05, 0.1) is 6.26 Å². The maximum Gasteiger partial charge on any atom is 0.114 e. The third kappa shape index (κ3) is 8.41. The number of hydrogen-bond donors (Lipinski definition) is 0. The zero-order valence-corrected chi connectivity index (χ0v) is 13.6. The standard InChI is InChI=1S/C17H30OS/c1-3-4-5-6-7-8-9-10-11-12-15-19-17-13-14-18-16(17)2/h13-14H,3-12,15H2,1-2H3. The maximum atomic E-state index is 5.29. The first-order valence-corrected chi connectivity index (χ1v) is 9.00. The Morgan fingerprint density at radius 1 is 0.895 bits per heavy atom. The Morgan fingerprint density at radius 3 is 2.00 bits per heavy atom. The van der Waals surface area contributed by atoms with Crippen molar-refractivity contribution in [1.29, 1.82) is 0 Å². The Bertz CT molecular complexity index is 306. The molecule has 0 amide bonds. The molecule has 1 aromatic heterocycles. The Morgan fingerprint density at radius 2 is 1.47 bits per heavy atom. The fraction of sp³-hybridized carbons (Fsp3) is 0.765. The third-order valence-electron chi connectivity index (χ3n) is 3.57. The van der Waals surface area contributed by atoms with E-state index in [9.17, 15) is 0 Å². The first-order valence-electron chi connectivity index (χ1n) is 8.01. The van der Waals surface area contributed by atoms with Crippen LogP contribution in [0.2, 0.25) is 0 Å². The number of thioether (sulfide) groups is 1. The second kappa shape index (κ2) is 11.5. The van der Waals surface area contributed by atoms with Crippen molar-refractivity contribution >= 4 is 11.8 Å². The van der Waals surface area contributed by atoms with Gasteiger partial charge in [0.2, 0.25) is 0 Å². The van der Waals surface area contributed by atoms with Gasteiger partial charge in [0.1, 0.15) is 5.76 Å². The summed E-state index contributed by atoms with van der Waals surface area (Å²) in [5.41, 5.74) is 0. The molecule has 0 aliphatic carbocycles. The van der Waals surface area contributed by atoms with Crippen molar-refractivity contribution in [1.82, 2.24) is 0 Å². The van der Waals surface area contributed by atoms with Gasteiger partial charge >= 0.3 is 0 Å².